The van der Waals surface area contributed by atoms with Crippen LogP contribution in [0.15, 0.2) is 24.8 Å². The lowest BCUT2D eigenvalue weighted by molar-refractivity contribution is -0.395. The second-order valence-corrected chi connectivity index (χ2v) is 4.67. The first-order valence-corrected chi connectivity index (χ1v) is 6.73. The molecule has 0 N–H and O–H groups in total. The van der Waals surface area contributed by atoms with Crippen LogP contribution in [-0.4, -0.2) is 57.6 Å². The van der Waals surface area contributed by atoms with E-state index in [1.807, 2.05) is 0 Å². The van der Waals surface area contributed by atoms with E-state index in [-0.39, 0.29) is 18.8 Å². The molecule has 146 valence electrons. The van der Waals surface area contributed by atoms with Crippen LogP contribution in [0.5, 0.6) is 0 Å². The molecule has 0 rings (SSSR count). The molecular weight excluding hydrogens is 362 g/mol. The normalized spacial score (nSPS) is 12.8. The van der Waals surface area contributed by atoms with Crippen molar-refractivity contribution < 1.29 is 50.1 Å². The van der Waals surface area contributed by atoms with Crippen LogP contribution >= 0.6 is 0 Å². The molecule has 5 nitrogen and oxygen atoms in total. The summed E-state index contributed by atoms with van der Waals surface area (Å²) in [6.45, 7) is 3.90. The number of methoxy groups -OCH3 is 1. The minimum atomic E-state index is -5.81. The van der Waals surface area contributed by atoms with E-state index < -0.39 is 43.7 Å². The molecule has 0 bridgehead atoms. The lowest BCUT2D eigenvalue weighted by atomic mass is 9.98. The van der Waals surface area contributed by atoms with Crippen molar-refractivity contribution in [3.05, 3.63) is 24.8 Å². The van der Waals surface area contributed by atoms with E-state index in [1.165, 1.54) is 6.08 Å². The zero-order valence-corrected chi connectivity index (χ0v) is 13.3. The van der Waals surface area contributed by atoms with Gasteiger partial charge in [0.1, 0.15) is 6.79 Å². The van der Waals surface area contributed by atoms with Gasteiger partial charge in [-0.3, -0.25) is 0 Å². The first kappa shape index (κ1) is 23.4. The molecule has 0 aliphatic rings. The number of hydrogen-bond donors (Lipinski definition) is 0. The maximum atomic E-state index is 13.0. The Morgan fingerprint density at radius 3 is 2.12 bits per heavy atom. The Balaban J connectivity index is 4.96. The number of ether oxygens (including phenoxy) is 4. The van der Waals surface area contributed by atoms with Crippen molar-refractivity contribution in [2.45, 2.75) is 24.4 Å². The Kier molecular flexibility index (Phi) is 9.16. The van der Waals surface area contributed by atoms with E-state index in [0.717, 1.165) is 7.11 Å². The molecule has 0 saturated heterocycles. The number of rotatable bonds is 11. The molecule has 11 heteroatoms. The van der Waals surface area contributed by atoms with Crippen LogP contribution in [0, 0.1) is 0 Å². The van der Waals surface area contributed by atoms with Gasteiger partial charge in [0.15, 0.2) is 0 Å². The summed E-state index contributed by atoms with van der Waals surface area (Å²) in [6, 6.07) is 0. The van der Waals surface area contributed by atoms with Crippen LogP contribution in [0.4, 0.5) is 26.3 Å². The minimum absolute atomic E-state index is 0.0718. The highest BCUT2D eigenvalue weighted by molar-refractivity contribution is 5.87. The number of carbonyl (C=O) groups is 1. The van der Waals surface area contributed by atoms with E-state index in [2.05, 4.69) is 27.4 Å². The Hall–Kier alpha value is -1.59. The predicted molar refractivity (Wildman–Crippen MR) is 73.5 cm³/mol. The van der Waals surface area contributed by atoms with Crippen LogP contribution in [0.2, 0.25) is 0 Å². The van der Waals surface area contributed by atoms with Gasteiger partial charge in [-0.05, 0) is 0 Å². The van der Waals surface area contributed by atoms with Gasteiger partial charge in [0.05, 0.1) is 25.4 Å². The highest BCUT2D eigenvalue weighted by atomic mass is 19.4. The Morgan fingerprint density at radius 1 is 1.12 bits per heavy atom. The second-order valence-electron chi connectivity index (χ2n) is 4.67. The smallest absolute Gasteiger partial charge is 0.426 e. The summed E-state index contributed by atoms with van der Waals surface area (Å²) in [5.41, 5.74) is -4.80. The molecular formula is C14H18F6O5. The van der Waals surface area contributed by atoms with Crippen LogP contribution in [0.1, 0.15) is 6.42 Å². The van der Waals surface area contributed by atoms with Gasteiger partial charge in [-0.25, -0.2) is 4.79 Å². The van der Waals surface area contributed by atoms with Crippen molar-refractivity contribution >= 4 is 5.97 Å². The van der Waals surface area contributed by atoms with Crippen molar-refractivity contribution in [1.29, 1.82) is 0 Å². The summed E-state index contributed by atoms with van der Waals surface area (Å²) >= 11 is 0. The molecule has 0 aromatic carbocycles. The van der Waals surface area contributed by atoms with Crippen LogP contribution < -0.4 is 0 Å². The van der Waals surface area contributed by atoms with Gasteiger partial charge in [0.25, 0.3) is 5.60 Å². The maximum absolute atomic E-state index is 13.0. The third-order valence-electron chi connectivity index (χ3n) is 2.83. The number of halogens is 6. The molecule has 0 aromatic rings. The molecule has 0 atom stereocenters. The third kappa shape index (κ3) is 6.67. The van der Waals surface area contributed by atoms with Gasteiger partial charge in [0.2, 0.25) is 0 Å². The van der Waals surface area contributed by atoms with Gasteiger partial charge in [-0.15, -0.1) is 6.58 Å². The number of carbonyl (C=O) groups excluding carboxylic acids is 1. The fraction of sp³-hybridized carbons (Fsp3) is 0.643. The molecule has 0 aromatic heterocycles. The van der Waals surface area contributed by atoms with Gasteiger partial charge in [-0.1, -0.05) is 12.7 Å². The molecule has 0 aliphatic heterocycles. The molecule has 0 amide bonds. The summed E-state index contributed by atoms with van der Waals surface area (Å²) in [4.78, 5) is 11.5. The summed E-state index contributed by atoms with van der Waals surface area (Å²) < 4.78 is 95.3. The Bertz CT molecular complexity index is 444. The van der Waals surface area contributed by atoms with Gasteiger partial charge >= 0.3 is 18.3 Å². The van der Waals surface area contributed by atoms with Crippen molar-refractivity contribution in [2.75, 3.05) is 33.7 Å². The molecule has 0 saturated carbocycles. The summed E-state index contributed by atoms with van der Waals surface area (Å²) in [5.74, 6) is -1.19. The van der Waals surface area contributed by atoms with Crippen molar-refractivity contribution in [2.24, 2.45) is 0 Å². The maximum Gasteiger partial charge on any atom is 0.426 e. The highest BCUT2D eigenvalue weighted by Gasteiger charge is 2.72. The zero-order chi connectivity index (χ0) is 19.7. The topological polar surface area (TPSA) is 54.0 Å². The fourth-order valence-electron chi connectivity index (χ4n) is 1.55. The van der Waals surface area contributed by atoms with E-state index in [0.29, 0.717) is 0 Å². The Morgan fingerprint density at radius 2 is 1.68 bits per heavy atom. The first-order valence-electron chi connectivity index (χ1n) is 6.73. The summed E-state index contributed by atoms with van der Waals surface area (Å²) in [6.07, 6.45) is -11.9. The average Bonchev–Trinajstić information content (AvgIpc) is 2.48. The third-order valence-corrected chi connectivity index (χ3v) is 2.83. The zero-order valence-electron chi connectivity index (χ0n) is 13.3. The van der Waals surface area contributed by atoms with Gasteiger partial charge < -0.3 is 18.9 Å². The monoisotopic (exact) mass is 380 g/mol. The molecule has 0 unspecified atom stereocenters. The number of esters is 1. The minimum Gasteiger partial charge on any atom is -0.462 e. The molecule has 0 aliphatic carbocycles. The van der Waals surface area contributed by atoms with Crippen molar-refractivity contribution in [3.8, 4) is 0 Å². The standard InChI is InChI=1S/C14H18F6O5/c1-4-6-23-8-10(2)11(21)24-7-5-12(13(15,16)17,14(18,19)20)25-9-22-3/h4H,1-2,5-9H2,3H3. The number of alkyl halides is 6. The quantitative estimate of drug-likeness (QED) is 0.138. The summed E-state index contributed by atoms with van der Waals surface area (Å²) in [5, 5.41) is 0. The van der Waals surface area contributed by atoms with Gasteiger partial charge in [-0.2, -0.15) is 26.3 Å². The predicted octanol–water partition coefficient (Wildman–Crippen LogP) is 3.16. The molecule has 25 heavy (non-hydrogen) atoms. The van der Waals surface area contributed by atoms with Crippen LogP contribution in [-0.2, 0) is 23.7 Å². The van der Waals surface area contributed by atoms with Crippen molar-refractivity contribution in [1.82, 2.24) is 0 Å². The Labute approximate surface area is 140 Å². The van der Waals surface area contributed by atoms with Gasteiger partial charge in [0, 0.05) is 13.5 Å². The van der Waals surface area contributed by atoms with E-state index >= 15 is 0 Å². The van der Waals surface area contributed by atoms with Crippen molar-refractivity contribution in [3.63, 3.8) is 0 Å². The first-order chi connectivity index (χ1) is 11.4. The molecule has 0 radical (unpaired) electrons. The SMILES string of the molecule is C=CCOCC(=C)C(=O)OCCC(OCOC)(C(F)(F)F)C(F)(F)F. The van der Waals surface area contributed by atoms with E-state index in [9.17, 15) is 31.1 Å². The molecule has 0 spiro atoms. The van der Waals surface area contributed by atoms with E-state index in [1.54, 1.807) is 0 Å². The molecule has 0 fully saturated rings. The largest absolute Gasteiger partial charge is 0.462 e. The highest BCUT2D eigenvalue weighted by Crippen LogP contribution is 2.48. The molecule has 0 heterocycles. The lowest BCUT2D eigenvalue weighted by Gasteiger charge is -2.36. The van der Waals surface area contributed by atoms with Crippen LogP contribution in [0.25, 0.3) is 0 Å². The average molecular weight is 380 g/mol. The number of hydrogen-bond acceptors (Lipinski definition) is 5. The second kappa shape index (κ2) is 9.78. The lowest BCUT2D eigenvalue weighted by Crippen LogP contribution is -2.59. The fourth-order valence-corrected chi connectivity index (χ4v) is 1.55. The van der Waals surface area contributed by atoms with E-state index in [4.69, 9.17) is 4.74 Å². The summed E-state index contributed by atoms with van der Waals surface area (Å²) in [7, 11) is 0.866. The van der Waals surface area contributed by atoms with Crippen LogP contribution in [0.3, 0.4) is 0 Å².